The lowest BCUT2D eigenvalue weighted by Crippen LogP contribution is -2.34. The standard InChI is InChI=1S/C12H15N/c1-10-12(8-5-9-13-10)11-6-3-2-4-7-11/h2-8,10,12-13H,9H2,1H3/t10-,12-/m0/s1. The van der Waals surface area contributed by atoms with Crippen LogP contribution in [-0.2, 0) is 0 Å². The van der Waals surface area contributed by atoms with Gasteiger partial charge in [-0.2, -0.15) is 0 Å². The van der Waals surface area contributed by atoms with Crippen molar-refractivity contribution < 1.29 is 0 Å². The van der Waals surface area contributed by atoms with Crippen molar-refractivity contribution in [2.24, 2.45) is 0 Å². The molecule has 1 aromatic rings. The molecule has 0 bridgehead atoms. The van der Waals surface area contributed by atoms with Gasteiger partial charge in [0.15, 0.2) is 0 Å². The zero-order chi connectivity index (χ0) is 9.10. The maximum atomic E-state index is 3.44. The Kier molecular flexibility index (Phi) is 2.46. The minimum Gasteiger partial charge on any atom is -0.310 e. The fourth-order valence-corrected chi connectivity index (χ4v) is 1.84. The molecule has 1 heterocycles. The van der Waals surface area contributed by atoms with E-state index in [0.717, 1.165) is 6.54 Å². The first kappa shape index (κ1) is 8.52. The Labute approximate surface area is 79.5 Å². The number of benzene rings is 1. The highest BCUT2D eigenvalue weighted by Crippen LogP contribution is 2.22. The first-order chi connectivity index (χ1) is 6.38. The highest BCUT2D eigenvalue weighted by molar-refractivity contribution is 5.27. The summed E-state index contributed by atoms with van der Waals surface area (Å²) in [5.74, 6) is 0.537. The molecule has 0 saturated carbocycles. The van der Waals surface area contributed by atoms with Crippen LogP contribution in [0.4, 0.5) is 0 Å². The van der Waals surface area contributed by atoms with E-state index in [9.17, 15) is 0 Å². The zero-order valence-electron chi connectivity index (χ0n) is 7.90. The van der Waals surface area contributed by atoms with Crippen LogP contribution < -0.4 is 5.32 Å². The summed E-state index contributed by atoms with van der Waals surface area (Å²) in [6, 6.07) is 11.2. The molecule has 0 unspecified atom stereocenters. The van der Waals surface area contributed by atoms with E-state index in [-0.39, 0.29) is 0 Å². The largest absolute Gasteiger partial charge is 0.310 e. The fourth-order valence-electron chi connectivity index (χ4n) is 1.84. The van der Waals surface area contributed by atoms with Crippen molar-refractivity contribution in [1.82, 2.24) is 5.32 Å². The maximum Gasteiger partial charge on any atom is 0.0170 e. The quantitative estimate of drug-likeness (QED) is 0.643. The Hall–Kier alpha value is -1.08. The van der Waals surface area contributed by atoms with E-state index in [2.05, 4.69) is 54.7 Å². The molecule has 1 heteroatoms. The minimum absolute atomic E-state index is 0.537. The van der Waals surface area contributed by atoms with Crippen LogP contribution in [0, 0.1) is 0 Å². The van der Waals surface area contributed by atoms with E-state index in [1.165, 1.54) is 5.56 Å². The van der Waals surface area contributed by atoms with Crippen LogP contribution >= 0.6 is 0 Å². The second-order valence-electron chi connectivity index (χ2n) is 3.56. The first-order valence-corrected chi connectivity index (χ1v) is 4.83. The minimum atomic E-state index is 0.537. The van der Waals surface area contributed by atoms with Crippen LogP contribution in [0.3, 0.4) is 0 Å². The normalized spacial score (nSPS) is 27.5. The molecular formula is C12H15N. The number of hydrogen-bond donors (Lipinski definition) is 1. The van der Waals surface area contributed by atoms with Gasteiger partial charge in [0.05, 0.1) is 0 Å². The molecule has 68 valence electrons. The second kappa shape index (κ2) is 3.75. The van der Waals surface area contributed by atoms with E-state index in [4.69, 9.17) is 0 Å². The fraction of sp³-hybridized carbons (Fsp3) is 0.333. The van der Waals surface area contributed by atoms with Crippen LogP contribution in [0.2, 0.25) is 0 Å². The second-order valence-corrected chi connectivity index (χ2v) is 3.56. The Bertz CT molecular complexity index is 289. The summed E-state index contributed by atoms with van der Waals surface area (Å²) >= 11 is 0. The van der Waals surface area contributed by atoms with Crippen molar-refractivity contribution in [3.63, 3.8) is 0 Å². The van der Waals surface area contributed by atoms with Crippen LogP contribution in [-0.4, -0.2) is 12.6 Å². The summed E-state index contributed by atoms with van der Waals surface area (Å²) in [6.07, 6.45) is 4.51. The van der Waals surface area contributed by atoms with E-state index in [1.807, 2.05) is 0 Å². The average Bonchev–Trinajstić information content (AvgIpc) is 2.20. The summed E-state index contributed by atoms with van der Waals surface area (Å²) < 4.78 is 0. The van der Waals surface area contributed by atoms with Crippen molar-refractivity contribution in [2.75, 3.05) is 6.54 Å². The molecule has 1 aliphatic rings. The van der Waals surface area contributed by atoms with Gasteiger partial charge in [-0.15, -0.1) is 0 Å². The summed E-state index contributed by atoms with van der Waals surface area (Å²) in [6.45, 7) is 3.24. The van der Waals surface area contributed by atoms with Crippen molar-refractivity contribution >= 4 is 0 Å². The highest BCUT2D eigenvalue weighted by Gasteiger charge is 2.17. The van der Waals surface area contributed by atoms with E-state index >= 15 is 0 Å². The zero-order valence-corrected chi connectivity index (χ0v) is 7.90. The SMILES string of the molecule is C[C@@H]1NCC=C[C@@H]1c1ccccc1. The summed E-state index contributed by atoms with van der Waals surface area (Å²) in [5, 5.41) is 3.44. The van der Waals surface area contributed by atoms with E-state index in [0.29, 0.717) is 12.0 Å². The van der Waals surface area contributed by atoms with Crippen molar-refractivity contribution in [2.45, 2.75) is 18.9 Å². The molecule has 0 aromatic heterocycles. The van der Waals surface area contributed by atoms with Gasteiger partial charge in [-0.3, -0.25) is 0 Å². The van der Waals surface area contributed by atoms with Gasteiger partial charge in [0.1, 0.15) is 0 Å². The molecule has 0 spiro atoms. The Balaban J connectivity index is 2.25. The van der Waals surface area contributed by atoms with Gasteiger partial charge in [0.2, 0.25) is 0 Å². The molecule has 0 radical (unpaired) electrons. The van der Waals surface area contributed by atoms with Crippen LogP contribution in [0.25, 0.3) is 0 Å². The van der Waals surface area contributed by atoms with Crippen LogP contribution in [0.5, 0.6) is 0 Å². The smallest absolute Gasteiger partial charge is 0.0170 e. The Morgan fingerprint density at radius 3 is 2.69 bits per heavy atom. The molecule has 1 aliphatic heterocycles. The van der Waals surface area contributed by atoms with Gasteiger partial charge in [-0.05, 0) is 12.5 Å². The van der Waals surface area contributed by atoms with Gasteiger partial charge in [0, 0.05) is 18.5 Å². The molecule has 0 aliphatic carbocycles. The van der Waals surface area contributed by atoms with E-state index in [1.54, 1.807) is 0 Å². The molecule has 13 heavy (non-hydrogen) atoms. The summed E-state index contributed by atoms with van der Waals surface area (Å²) in [5.41, 5.74) is 1.40. The first-order valence-electron chi connectivity index (χ1n) is 4.83. The number of nitrogens with one attached hydrogen (secondary N) is 1. The van der Waals surface area contributed by atoms with Gasteiger partial charge in [-0.1, -0.05) is 42.5 Å². The average molecular weight is 173 g/mol. The van der Waals surface area contributed by atoms with Gasteiger partial charge >= 0.3 is 0 Å². The summed E-state index contributed by atoms with van der Waals surface area (Å²) in [7, 11) is 0. The van der Waals surface area contributed by atoms with Crippen molar-refractivity contribution in [3.8, 4) is 0 Å². The predicted molar refractivity (Wildman–Crippen MR) is 55.8 cm³/mol. The molecule has 2 rings (SSSR count). The van der Waals surface area contributed by atoms with Gasteiger partial charge < -0.3 is 5.32 Å². The molecule has 1 N–H and O–H groups in total. The third-order valence-electron chi connectivity index (χ3n) is 2.62. The van der Waals surface area contributed by atoms with Gasteiger partial charge in [0.25, 0.3) is 0 Å². The van der Waals surface area contributed by atoms with Crippen molar-refractivity contribution in [1.29, 1.82) is 0 Å². The Morgan fingerprint density at radius 1 is 1.23 bits per heavy atom. The third kappa shape index (κ3) is 1.81. The van der Waals surface area contributed by atoms with Crippen molar-refractivity contribution in [3.05, 3.63) is 48.0 Å². The Morgan fingerprint density at radius 2 is 2.00 bits per heavy atom. The predicted octanol–water partition coefficient (Wildman–Crippen LogP) is 2.32. The lowest BCUT2D eigenvalue weighted by atomic mass is 9.90. The van der Waals surface area contributed by atoms with Crippen LogP contribution in [0.1, 0.15) is 18.4 Å². The lowest BCUT2D eigenvalue weighted by molar-refractivity contribution is 0.515. The molecule has 0 saturated heterocycles. The third-order valence-corrected chi connectivity index (χ3v) is 2.62. The highest BCUT2D eigenvalue weighted by atomic mass is 14.9. The summed E-state index contributed by atoms with van der Waals surface area (Å²) in [4.78, 5) is 0. The number of rotatable bonds is 1. The van der Waals surface area contributed by atoms with Gasteiger partial charge in [-0.25, -0.2) is 0 Å². The topological polar surface area (TPSA) is 12.0 Å². The molecule has 1 aromatic carbocycles. The number of hydrogen-bond acceptors (Lipinski definition) is 1. The monoisotopic (exact) mass is 173 g/mol. The molecule has 0 fully saturated rings. The van der Waals surface area contributed by atoms with E-state index < -0.39 is 0 Å². The maximum absolute atomic E-state index is 3.44. The molecule has 1 nitrogen and oxygen atoms in total. The van der Waals surface area contributed by atoms with Crippen LogP contribution in [0.15, 0.2) is 42.5 Å². The molecular weight excluding hydrogens is 158 g/mol. The molecule has 0 amide bonds. The molecule has 2 atom stereocenters. The lowest BCUT2D eigenvalue weighted by Gasteiger charge is -2.25.